The van der Waals surface area contributed by atoms with Crippen molar-refractivity contribution in [2.75, 3.05) is 6.61 Å². The Morgan fingerprint density at radius 2 is 0.339 bits per heavy atom. The summed E-state index contributed by atoms with van der Waals surface area (Å²) in [5, 5.41) is 19.3. The number of aliphatic hydroxyl groups is 2. The normalized spacial score (nSPS) is 12.3. The van der Waals surface area contributed by atoms with Gasteiger partial charge in [-0.15, -0.1) is 0 Å². The van der Waals surface area contributed by atoms with Crippen LogP contribution < -0.4 is 0 Å². The van der Waals surface area contributed by atoms with Crippen LogP contribution in [0.15, 0.2) is 0 Å². The zero-order valence-electron chi connectivity index (χ0n) is 41.4. The Hall–Kier alpha value is -0.0800. The third-order valence-electron chi connectivity index (χ3n) is 13.8. The first-order valence-electron chi connectivity index (χ1n) is 28.6. The first-order valence-corrected chi connectivity index (χ1v) is 28.6. The van der Waals surface area contributed by atoms with Gasteiger partial charge in [-0.1, -0.05) is 334 Å². The molecule has 2 nitrogen and oxygen atoms in total. The van der Waals surface area contributed by atoms with Crippen LogP contribution in [-0.4, -0.2) is 22.9 Å². The fraction of sp³-hybridized carbons (Fsp3) is 1.00. The lowest BCUT2D eigenvalue weighted by Gasteiger charge is -2.10. The highest BCUT2D eigenvalue weighted by molar-refractivity contribution is 4.59. The largest absolute Gasteiger partial charge is 0.396 e. The van der Waals surface area contributed by atoms with Crippen molar-refractivity contribution in [3.8, 4) is 0 Å². The minimum Gasteiger partial charge on any atom is -0.396 e. The standard InChI is InChI=1S/C57H116O2/c1-2-3-4-5-6-7-8-9-10-11-12-13-14-18-21-24-27-30-33-36-39-42-45-48-51-54-57(59)55-52-49-46-43-40-37-34-31-28-25-22-19-16-15-17-20-23-26-29-32-35-38-41-44-47-50-53-56-58/h57-59H,2-56H2,1H3. The summed E-state index contributed by atoms with van der Waals surface area (Å²) in [6, 6.07) is 0. The molecule has 1 unspecified atom stereocenters. The maximum Gasteiger partial charge on any atom is 0.0540 e. The number of unbranched alkanes of at least 4 members (excludes halogenated alkanes) is 50. The van der Waals surface area contributed by atoms with Crippen LogP contribution in [0.4, 0.5) is 0 Å². The van der Waals surface area contributed by atoms with Gasteiger partial charge in [-0.3, -0.25) is 0 Å². The molecule has 59 heavy (non-hydrogen) atoms. The van der Waals surface area contributed by atoms with Crippen molar-refractivity contribution in [2.24, 2.45) is 0 Å². The molecule has 0 aliphatic rings. The van der Waals surface area contributed by atoms with Gasteiger partial charge in [0.15, 0.2) is 0 Å². The van der Waals surface area contributed by atoms with Gasteiger partial charge in [-0.25, -0.2) is 0 Å². The third-order valence-corrected chi connectivity index (χ3v) is 13.8. The van der Waals surface area contributed by atoms with E-state index < -0.39 is 0 Å². The lowest BCUT2D eigenvalue weighted by molar-refractivity contribution is 0.147. The molecule has 0 bridgehead atoms. The monoisotopic (exact) mass is 833 g/mol. The topological polar surface area (TPSA) is 40.5 Å². The maximum atomic E-state index is 10.4. The summed E-state index contributed by atoms with van der Waals surface area (Å²) in [5.41, 5.74) is 0. The third kappa shape index (κ3) is 55.9. The molecule has 0 saturated heterocycles. The molecule has 0 heterocycles. The molecule has 356 valence electrons. The SMILES string of the molecule is CCCCCCCCCCCCCCCCCCCCCCCCCCCC(O)CCCCCCCCCCCCCCCCCCCCCCCCCCCCCO. The Morgan fingerprint density at radius 1 is 0.203 bits per heavy atom. The number of rotatable bonds is 55. The van der Waals surface area contributed by atoms with Gasteiger partial charge in [0.1, 0.15) is 0 Å². The van der Waals surface area contributed by atoms with Crippen LogP contribution in [0.1, 0.15) is 354 Å². The lowest BCUT2D eigenvalue weighted by Crippen LogP contribution is -2.05. The van der Waals surface area contributed by atoms with E-state index in [0.29, 0.717) is 6.61 Å². The van der Waals surface area contributed by atoms with Gasteiger partial charge < -0.3 is 10.2 Å². The van der Waals surface area contributed by atoms with Gasteiger partial charge in [0.25, 0.3) is 0 Å². The fourth-order valence-electron chi connectivity index (χ4n) is 9.57. The average Bonchev–Trinajstić information content (AvgIpc) is 3.24. The van der Waals surface area contributed by atoms with E-state index in [1.54, 1.807) is 0 Å². The molecule has 0 radical (unpaired) electrons. The van der Waals surface area contributed by atoms with E-state index in [9.17, 15) is 5.11 Å². The van der Waals surface area contributed by atoms with Crippen LogP contribution in [0.25, 0.3) is 0 Å². The van der Waals surface area contributed by atoms with Crippen LogP contribution in [0, 0.1) is 0 Å². The van der Waals surface area contributed by atoms with Crippen molar-refractivity contribution < 1.29 is 10.2 Å². The summed E-state index contributed by atoms with van der Waals surface area (Å²) in [6.45, 7) is 2.68. The first kappa shape index (κ1) is 58.9. The van der Waals surface area contributed by atoms with E-state index in [0.717, 1.165) is 19.3 Å². The van der Waals surface area contributed by atoms with E-state index in [-0.39, 0.29) is 6.10 Å². The van der Waals surface area contributed by atoms with Gasteiger partial charge in [-0.05, 0) is 19.3 Å². The van der Waals surface area contributed by atoms with Gasteiger partial charge in [0.2, 0.25) is 0 Å². The summed E-state index contributed by atoms with van der Waals surface area (Å²) < 4.78 is 0. The van der Waals surface area contributed by atoms with Gasteiger partial charge in [-0.2, -0.15) is 0 Å². The molecule has 0 saturated carbocycles. The van der Waals surface area contributed by atoms with E-state index in [2.05, 4.69) is 6.92 Å². The summed E-state index contributed by atoms with van der Waals surface area (Å²) in [7, 11) is 0. The predicted octanol–water partition coefficient (Wildman–Crippen LogP) is 20.4. The molecule has 0 aromatic carbocycles. The van der Waals surface area contributed by atoms with Crippen molar-refractivity contribution in [1.82, 2.24) is 0 Å². The molecule has 0 aromatic heterocycles. The minimum atomic E-state index is -0.0425. The Balaban J connectivity index is 3.14. The Labute approximate surface area is 375 Å². The zero-order chi connectivity index (χ0) is 42.5. The van der Waals surface area contributed by atoms with Crippen LogP contribution in [0.5, 0.6) is 0 Å². The second-order valence-electron chi connectivity index (χ2n) is 20.0. The molecule has 0 spiro atoms. The number of hydrogen-bond acceptors (Lipinski definition) is 2. The molecule has 0 aliphatic carbocycles. The fourth-order valence-corrected chi connectivity index (χ4v) is 9.57. The molecule has 2 N–H and O–H groups in total. The molecule has 0 amide bonds. The molecule has 0 rings (SSSR count). The maximum absolute atomic E-state index is 10.4. The average molecular weight is 834 g/mol. The number of aliphatic hydroxyl groups excluding tert-OH is 2. The van der Waals surface area contributed by atoms with Crippen molar-refractivity contribution in [2.45, 2.75) is 360 Å². The van der Waals surface area contributed by atoms with Gasteiger partial charge in [0.05, 0.1) is 6.10 Å². The van der Waals surface area contributed by atoms with Crippen molar-refractivity contribution in [1.29, 1.82) is 0 Å². The second kappa shape index (κ2) is 55.9. The quantitative estimate of drug-likeness (QED) is 0.0600. The Morgan fingerprint density at radius 3 is 0.492 bits per heavy atom. The van der Waals surface area contributed by atoms with Crippen molar-refractivity contribution in [3.05, 3.63) is 0 Å². The van der Waals surface area contributed by atoms with Crippen molar-refractivity contribution in [3.63, 3.8) is 0 Å². The molecular weight excluding hydrogens is 717 g/mol. The lowest BCUT2D eigenvalue weighted by atomic mass is 10.0. The summed E-state index contributed by atoms with van der Waals surface area (Å²) in [6.07, 6.45) is 75.9. The van der Waals surface area contributed by atoms with E-state index in [1.807, 2.05) is 0 Å². The Bertz CT molecular complexity index is 692. The highest BCUT2D eigenvalue weighted by atomic mass is 16.3. The highest BCUT2D eigenvalue weighted by Gasteiger charge is 2.04. The van der Waals surface area contributed by atoms with Crippen LogP contribution in [-0.2, 0) is 0 Å². The molecular formula is C57H116O2. The molecule has 1 atom stereocenters. The summed E-state index contributed by atoms with van der Waals surface area (Å²) in [5.74, 6) is 0. The minimum absolute atomic E-state index is 0.0425. The smallest absolute Gasteiger partial charge is 0.0540 e. The van der Waals surface area contributed by atoms with E-state index in [1.165, 1.54) is 327 Å². The Kier molecular flexibility index (Phi) is 55.9. The van der Waals surface area contributed by atoms with Gasteiger partial charge >= 0.3 is 0 Å². The molecule has 0 aromatic rings. The van der Waals surface area contributed by atoms with Crippen LogP contribution >= 0.6 is 0 Å². The second-order valence-corrected chi connectivity index (χ2v) is 20.0. The first-order chi connectivity index (χ1) is 29.3. The number of hydrogen-bond donors (Lipinski definition) is 2. The van der Waals surface area contributed by atoms with Crippen molar-refractivity contribution >= 4 is 0 Å². The van der Waals surface area contributed by atoms with Crippen LogP contribution in [0.2, 0.25) is 0 Å². The highest BCUT2D eigenvalue weighted by Crippen LogP contribution is 2.19. The molecule has 0 fully saturated rings. The molecule has 2 heteroatoms. The summed E-state index contributed by atoms with van der Waals surface area (Å²) >= 11 is 0. The summed E-state index contributed by atoms with van der Waals surface area (Å²) in [4.78, 5) is 0. The van der Waals surface area contributed by atoms with Crippen LogP contribution in [0.3, 0.4) is 0 Å². The zero-order valence-corrected chi connectivity index (χ0v) is 41.4. The van der Waals surface area contributed by atoms with Gasteiger partial charge in [0, 0.05) is 6.61 Å². The van der Waals surface area contributed by atoms with E-state index in [4.69, 9.17) is 5.11 Å². The van der Waals surface area contributed by atoms with E-state index >= 15 is 0 Å². The molecule has 0 aliphatic heterocycles. The predicted molar refractivity (Wildman–Crippen MR) is 268 cm³/mol.